The van der Waals surface area contributed by atoms with Crippen LogP contribution in [0.1, 0.15) is 43.0 Å². The molecule has 2 rings (SSSR count). The molecule has 1 aliphatic rings. The van der Waals surface area contributed by atoms with E-state index in [0.717, 1.165) is 31.5 Å². The third kappa shape index (κ3) is 4.91. The zero-order chi connectivity index (χ0) is 16.7. The van der Waals surface area contributed by atoms with E-state index in [1.807, 2.05) is 0 Å². The van der Waals surface area contributed by atoms with Crippen LogP contribution in [0.3, 0.4) is 0 Å². The fourth-order valence-corrected chi connectivity index (χ4v) is 2.88. The zero-order valence-corrected chi connectivity index (χ0v) is 14.0. The van der Waals surface area contributed by atoms with E-state index in [9.17, 15) is 9.90 Å². The van der Waals surface area contributed by atoms with Crippen molar-refractivity contribution in [3.05, 3.63) is 23.9 Å². The summed E-state index contributed by atoms with van der Waals surface area (Å²) < 4.78 is 4.89. The van der Waals surface area contributed by atoms with Gasteiger partial charge in [-0.15, -0.1) is 0 Å². The first kappa shape index (κ1) is 17.7. The van der Waals surface area contributed by atoms with Crippen molar-refractivity contribution in [1.29, 1.82) is 0 Å². The summed E-state index contributed by atoms with van der Waals surface area (Å²) in [6, 6.07) is 3.54. The molecule has 1 heterocycles. The largest absolute Gasteiger partial charge is 0.392 e. The number of carbonyl (C=O) groups is 1. The van der Waals surface area contributed by atoms with Gasteiger partial charge in [0.25, 0.3) is 5.91 Å². The maximum absolute atomic E-state index is 11.9. The van der Waals surface area contributed by atoms with Crippen molar-refractivity contribution in [2.75, 3.05) is 32.1 Å². The van der Waals surface area contributed by atoms with Crippen LogP contribution in [0.25, 0.3) is 0 Å². The van der Waals surface area contributed by atoms with Crippen molar-refractivity contribution in [1.82, 2.24) is 10.3 Å². The highest BCUT2D eigenvalue weighted by atomic mass is 16.5. The van der Waals surface area contributed by atoms with Crippen LogP contribution in [-0.4, -0.2) is 48.9 Å². The Bertz CT molecular complexity index is 506. The van der Waals surface area contributed by atoms with Gasteiger partial charge in [0, 0.05) is 31.8 Å². The number of hydrogen-bond donors (Lipinski definition) is 3. The second-order valence-electron chi connectivity index (χ2n) is 6.45. The number of aromatic nitrogens is 1. The minimum absolute atomic E-state index is 0.115. The fourth-order valence-electron chi connectivity index (χ4n) is 2.88. The second-order valence-corrected chi connectivity index (χ2v) is 6.45. The van der Waals surface area contributed by atoms with E-state index in [1.54, 1.807) is 25.4 Å². The number of ether oxygens (including phenoxy) is 1. The molecule has 0 saturated heterocycles. The van der Waals surface area contributed by atoms with Crippen LogP contribution in [0.2, 0.25) is 0 Å². The van der Waals surface area contributed by atoms with Crippen molar-refractivity contribution >= 4 is 11.7 Å². The molecule has 128 valence electrons. The van der Waals surface area contributed by atoms with E-state index >= 15 is 0 Å². The van der Waals surface area contributed by atoms with Gasteiger partial charge in [-0.3, -0.25) is 4.79 Å². The average molecular weight is 321 g/mol. The van der Waals surface area contributed by atoms with Crippen LogP contribution in [0.15, 0.2) is 18.3 Å². The van der Waals surface area contributed by atoms with Gasteiger partial charge in [-0.2, -0.15) is 0 Å². The van der Waals surface area contributed by atoms with Crippen LogP contribution >= 0.6 is 0 Å². The summed E-state index contributed by atoms with van der Waals surface area (Å²) in [5.74, 6) is 0.563. The minimum Gasteiger partial charge on any atom is -0.392 e. The molecule has 1 aliphatic carbocycles. The first-order chi connectivity index (χ1) is 11.0. The number of aliphatic hydroxyl groups excluding tert-OH is 1. The van der Waals surface area contributed by atoms with Crippen molar-refractivity contribution < 1.29 is 14.6 Å². The van der Waals surface area contributed by atoms with Gasteiger partial charge in [-0.05, 0) is 25.0 Å². The number of nitrogens with one attached hydrogen (secondary N) is 2. The molecule has 6 heteroatoms. The Morgan fingerprint density at radius 3 is 2.96 bits per heavy atom. The molecule has 2 atom stereocenters. The third-order valence-electron chi connectivity index (χ3n) is 4.57. The van der Waals surface area contributed by atoms with Crippen molar-refractivity contribution in [2.24, 2.45) is 5.41 Å². The standard InChI is InChI=1S/C17H27N3O3/c1-17(8-4-3-5-14(17)21)12-20-15-7-6-13(11-19-15)16(22)18-9-10-23-2/h6-7,11,14,21H,3-5,8-10,12H2,1-2H3,(H,18,22)(H,19,20). The molecule has 1 fully saturated rings. The predicted octanol–water partition coefficient (Wildman–Crippen LogP) is 1.81. The molecule has 1 amide bonds. The van der Waals surface area contributed by atoms with E-state index in [1.165, 1.54) is 0 Å². The molecule has 0 spiro atoms. The molecule has 6 nitrogen and oxygen atoms in total. The molecule has 0 aliphatic heterocycles. The van der Waals surface area contributed by atoms with Crippen molar-refractivity contribution in [2.45, 2.75) is 38.7 Å². The van der Waals surface area contributed by atoms with Gasteiger partial charge in [0.2, 0.25) is 0 Å². The first-order valence-corrected chi connectivity index (χ1v) is 8.20. The van der Waals surface area contributed by atoms with Gasteiger partial charge in [-0.25, -0.2) is 4.98 Å². The SMILES string of the molecule is COCCNC(=O)c1ccc(NCC2(C)CCCCC2O)nc1. The van der Waals surface area contributed by atoms with Crippen LogP contribution in [0, 0.1) is 5.41 Å². The van der Waals surface area contributed by atoms with Crippen LogP contribution < -0.4 is 10.6 Å². The number of rotatable bonds is 7. The van der Waals surface area contributed by atoms with Crippen molar-refractivity contribution in [3.8, 4) is 0 Å². The number of carbonyl (C=O) groups excluding carboxylic acids is 1. The summed E-state index contributed by atoms with van der Waals surface area (Å²) in [6.45, 7) is 3.76. The number of hydrogen-bond acceptors (Lipinski definition) is 5. The molecular weight excluding hydrogens is 294 g/mol. The maximum atomic E-state index is 11.9. The Balaban J connectivity index is 1.86. The van der Waals surface area contributed by atoms with E-state index in [4.69, 9.17) is 4.74 Å². The Hall–Kier alpha value is -1.66. The lowest BCUT2D eigenvalue weighted by Gasteiger charge is -2.38. The van der Waals surface area contributed by atoms with Gasteiger partial charge >= 0.3 is 0 Å². The summed E-state index contributed by atoms with van der Waals surface area (Å²) in [7, 11) is 1.60. The molecule has 1 aromatic rings. The Morgan fingerprint density at radius 2 is 2.30 bits per heavy atom. The van der Waals surface area contributed by atoms with Gasteiger partial charge < -0.3 is 20.5 Å². The highest BCUT2D eigenvalue weighted by Gasteiger charge is 2.35. The molecule has 3 N–H and O–H groups in total. The van der Waals surface area contributed by atoms with Crippen LogP contribution in [0.5, 0.6) is 0 Å². The maximum Gasteiger partial charge on any atom is 0.252 e. The van der Waals surface area contributed by atoms with E-state index < -0.39 is 0 Å². The number of aliphatic hydroxyl groups is 1. The third-order valence-corrected chi connectivity index (χ3v) is 4.57. The molecule has 1 aromatic heterocycles. The van der Waals surface area contributed by atoms with Gasteiger partial charge in [0.15, 0.2) is 0 Å². The summed E-state index contributed by atoms with van der Waals surface area (Å²) in [4.78, 5) is 16.2. The number of methoxy groups -OCH3 is 1. The lowest BCUT2D eigenvalue weighted by atomic mass is 9.73. The number of pyridine rings is 1. The number of anilines is 1. The number of amides is 1. The normalized spacial score (nSPS) is 24.2. The van der Waals surface area contributed by atoms with E-state index in [0.29, 0.717) is 25.3 Å². The lowest BCUT2D eigenvalue weighted by Crippen LogP contribution is -2.41. The van der Waals surface area contributed by atoms with Gasteiger partial charge in [0.1, 0.15) is 5.82 Å². The highest BCUT2D eigenvalue weighted by molar-refractivity contribution is 5.94. The monoisotopic (exact) mass is 321 g/mol. The lowest BCUT2D eigenvalue weighted by molar-refractivity contribution is 0.00958. The number of nitrogens with zero attached hydrogens (tertiary/aromatic N) is 1. The van der Waals surface area contributed by atoms with E-state index in [2.05, 4.69) is 22.5 Å². The second kappa shape index (κ2) is 8.26. The summed E-state index contributed by atoms with van der Waals surface area (Å²) in [5.41, 5.74) is 0.409. The summed E-state index contributed by atoms with van der Waals surface area (Å²) in [6.07, 6.45) is 5.43. The quantitative estimate of drug-likeness (QED) is 0.667. The molecular formula is C17H27N3O3. The summed E-state index contributed by atoms with van der Waals surface area (Å²) in [5, 5.41) is 16.2. The molecule has 23 heavy (non-hydrogen) atoms. The van der Waals surface area contributed by atoms with Crippen molar-refractivity contribution in [3.63, 3.8) is 0 Å². The Labute approximate surface area is 137 Å². The first-order valence-electron chi connectivity index (χ1n) is 8.20. The molecule has 0 aromatic carbocycles. The fraction of sp³-hybridized carbons (Fsp3) is 0.647. The summed E-state index contributed by atoms with van der Waals surface area (Å²) >= 11 is 0. The predicted molar refractivity (Wildman–Crippen MR) is 89.5 cm³/mol. The minimum atomic E-state index is -0.269. The molecule has 0 bridgehead atoms. The Morgan fingerprint density at radius 1 is 1.48 bits per heavy atom. The molecule has 1 saturated carbocycles. The smallest absolute Gasteiger partial charge is 0.252 e. The molecule has 2 unspecified atom stereocenters. The van der Waals surface area contributed by atoms with Gasteiger partial charge in [-0.1, -0.05) is 19.8 Å². The average Bonchev–Trinajstić information content (AvgIpc) is 2.56. The Kier molecular flexibility index (Phi) is 6.36. The van der Waals surface area contributed by atoms with Gasteiger partial charge in [0.05, 0.1) is 18.3 Å². The zero-order valence-electron chi connectivity index (χ0n) is 14.0. The van der Waals surface area contributed by atoms with Crippen LogP contribution in [0.4, 0.5) is 5.82 Å². The van der Waals surface area contributed by atoms with E-state index in [-0.39, 0.29) is 17.4 Å². The molecule has 0 radical (unpaired) electrons. The highest BCUT2D eigenvalue weighted by Crippen LogP contribution is 2.36. The van der Waals surface area contributed by atoms with Crippen LogP contribution in [-0.2, 0) is 4.74 Å². The topological polar surface area (TPSA) is 83.5 Å².